The lowest BCUT2D eigenvalue weighted by molar-refractivity contribution is 0.437. The van der Waals surface area contributed by atoms with E-state index in [0.29, 0.717) is 0 Å². The van der Waals surface area contributed by atoms with Crippen LogP contribution >= 0.6 is 0 Å². The van der Waals surface area contributed by atoms with Gasteiger partial charge >= 0.3 is 0 Å². The van der Waals surface area contributed by atoms with Crippen molar-refractivity contribution in [1.82, 2.24) is 4.98 Å². The van der Waals surface area contributed by atoms with Gasteiger partial charge in [0.05, 0.1) is 0 Å². The van der Waals surface area contributed by atoms with Crippen molar-refractivity contribution in [3.63, 3.8) is 0 Å². The summed E-state index contributed by atoms with van der Waals surface area (Å²) in [5.74, 6) is 1.93. The molecule has 0 saturated carbocycles. The number of hydrogen-bond donors (Lipinski definition) is 1. The maximum Gasteiger partial charge on any atom is 0.136 e. The molecule has 1 aliphatic rings. The highest BCUT2D eigenvalue weighted by atomic mass is 15.2. The summed E-state index contributed by atoms with van der Waals surface area (Å²) in [6.07, 6.45) is 4.38. The molecule has 1 aromatic carbocycles. The van der Waals surface area contributed by atoms with E-state index in [1.54, 1.807) is 0 Å². The van der Waals surface area contributed by atoms with E-state index in [4.69, 9.17) is 5.73 Å². The maximum atomic E-state index is 6.19. The van der Waals surface area contributed by atoms with Crippen LogP contribution in [0.2, 0.25) is 0 Å². The molecule has 3 rings (SSSR count). The predicted molar refractivity (Wildman–Crippen MR) is 81.5 cm³/mol. The monoisotopic (exact) mass is 255 g/mol. The van der Waals surface area contributed by atoms with Crippen LogP contribution in [0.4, 0.5) is 11.5 Å². The number of nitrogen functional groups attached to an aromatic ring is 1. The summed E-state index contributed by atoms with van der Waals surface area (Å²) in [6.45, 7) is 6.58. The molecule has 0 bridgehead atoms. The zero-order valence-corrected chi connectivity index (χ0v) is 11.7. The fourth-order valence-corrected chi connectivity index (χ4v) is 2.84. The lowest BCUT2D eigenvalue weighted by Gasteiger charge is -2.32. The molecule has 3 heteroatoms. The van der Waals surface area contributed by atoms with Crippen molar-refractivity contribution in [2.75, 3.05) is 23.7 Å². The standard InChI is InChI=1S/C16H21N3/c1-11-6-9-19(10-7-11)16-14-4-3-12(2)15(17)13(14)5-8-18-16/h3-5,8,11H,6-7,9-10,17H2,1-2H3. The van der Waals surface area contributed by atoms with Gasteiger partial charge in [0.2, 0.25) is 0 Å². The van der Waals surface area contributed by atoms with Crippen LogP contribution in [0.15, 0.2) is 24.4 Å². The number of benzene rings is 1. The SMILES string of the molecule is Cc1ccc2c(N3CCC(C)CC3)nccc2c1N. The molecule has 0 spiro atoms. The molecule has 1 saturated heterocycles. The normalized spacial score (nSPS) is 17.1. The number of anilines is 2. The molecule has 2 aromatic rings. The zero-order valence-electron chi connectivity index (χ0n) is 11.7. The van der Waals surface area contributed by atoms with Crippen LogP contribution in [0.1, 0.15) is 25.3 Å². The van der Waals surface area contributed by atoms with Gasteiger partial charge in [-0.25, -0.2) is 4.98 Å². The van der Waals surface area contributed by atoms with Gasteiger partial charge in [0.15, 0.2) is 0 Å². The van der Waals surface area contributed by atoms with E-state index >= 15 is 0 Å². The summed E-state index contributed by atoms with van der Waals surface area (Å²) in [5, 5.41) is 2.31. The van der Waals surface area contributed by atoms with Crippen LogP contribution in [-0.4, -0.2) is 18.1 Å². The van der Waals surface area contributed by atoms with Crippen molar-refractivity contribution in [2.45, 2.75) is 26.7 Å². The fourth-order valence-electron chi connectivity index (χ4n) is 2.84. The summed E-state index contributed by atoms with van der Waals surface area (Å²) in [5.41, 5.74) is 8.21. The summed E-state index contributed by atoms with van der Waals surface area (Å²) in [4.78, 5) is 7.00. The number of nitrogens with zero attached hydrogens (tertiary/aromatic N) is 2. The zero-order chi connectivity index (χ0) is 13.4. The third-order valence-corrected chi connectivity index (χ3v) is 4.27. The van der Waals surface area contributed by atoms with Gasteiger partial charge in [0.25, 0.3) is 0 Å². The Morgan fingerprint density at radius 2 is 1.89 bits per heavy atom. The number of hydrogen-bond acceptors (Lipinski definition) is 3. The van der Waals surface area contributed by atoms with E-state index < -0.39 is 0 Å². The third-order valence-electron chi connectivity index (χ3n) is 4.27. The van der Waals surface area contributed by atoms with Crippen LogP contribution in [0.3, 0.4) is 0 Å². The van der Waals surface area contributed by atoms with Gasteiger partial charge < -0.3 is 10.6 Å². The lowest BCUT2D eigenvalue weighted by atomic mass is 9.98. The van der Waals surface area contributed by atoms with Gasteiger partial charge in [-0.3, -0.25) is 0 Å². The van der Waals surface area contributed by atoms with E-state index in [2.05, 4.69) is 35.9 Å². The van der Waals surface area contributed by atoms with E-state index in [1.165, 1.54) is 18.2 Å². The highest BCUT2D eigenvalue weighted by molar-refractivity contribution is 6.00. The van der Waals surface area contributed by atoms with Crippen LogP contribution in [0.25, 0.3) is 10.8 Å². The Kier molecular flexibility index (Phi) is 3.05. The van der Waals surface area contributed by atoms with Crippen molar-refractivity contribution in [3.8, 4) is 0 Å². The van der Waals surface area contributed by atoms with Gasteiger partial charge in [-0.05, 0) is 37.3 Å². The first-order valence-electron chi connectivity index (χ1n) is 7.05. The molecule has 100 valence electrons. The number of aromatic nitrogens is 1. The van der Waals surface area contributed by atoms with Gasteiger partial charge in [-0.1, -0.05) is 19.1 Å². The van der Waals surface area contributed by atoms with Crippen molar-refractivity contribution in [3.05, 3.63) is 30.0 Å². The Hall–Kier alpha value is -1.77. The highest BCUT2D eigenvalue weighted by Gasteiger charge is 2.19. The average Bonchev–Trinajstić information content (AvgIpc) is 2.43. The Balaban J connectivity index is 2.07. The van der Waals surface area contributed by atoms with Gasteiger partial charge in [-0.2, -0.15) is 0 Å². The number of pyridine rings is 1. The van der Waals surface area contributed by atoms with Crippen molar-refractivity contribution in [1.29, 1.82) is 0 Å². The van der Waals surface area contributed by atoms with E-state index in [9.17, 15) is 0 Å². The number of aryl methyl sites for hydroxylation is 1. The molecule has 19 heavy (non-hydrogen) atoms. The second-order valence-electron chi connectivity index (χ2n) is 5.70. The quantitative estimate of drug-likeness (QED) is 0.794. The topological polar surface area (TPSA) is 42.2 Å². The molecule has 1 aromatic heterocycles. The number of fused-ring (bicyclic) bond motifs is 1. The third kappa shape index (κ3) is 2.14. The molecule has 0 atom stereocenters. The Morgan fingerprint density at radius 3 is 2.63 bits per heavy atom. The second kappa shape index (κ2) is 4.72. The summed E-state index contributed by atoms with van der Waals surface area (Å²) < 4.78 is 0. The number of nitrogens with two attached hydrogens (primary N) is 1. The highest BCUT2D eigenvalue weighted by Crippen LogP contribution is 2.32. The summed E-state index contributed by atoms with van der Waals surface area (Å²) in [6, 6.07) is 6.27. The minimum atomic E-state index is 0.832. The van der Waals surface area contributed by atoms with Gasteiger partial charge in [-0.15, -0.1) is 0 Å². The van der Waals surface area contributed by atoms with Crippen molar-refractivity contribution in [2.24, 2.45) is 5.92 Å². The molecular formula is C16H21N3. The molecule has 0 unspecified atom stereocenters. The predicted octanol–water partition coefficient (Wildman–Crippen LogP) is 3.36. The molecule has 2 heterocycles. The first-order chi connectivity index (χ1) is 9.16. The lowest BCUT2D eigenvalue weighted by Crippen LogP contribution is -2.33. The van der Waals surface area contributed by atoms with Crippen LogP contribution in [-0.2, 0) is 0 Å². The first kappa shape index (κ1) is 12.3. The molecule has 0 amide bonds. The van der Waals surface area contributed by atoms with Crippen molar-refractivity contribution < 1.29 is 0 Å². The Morgan fingerprint density at radius 1 is 1.16 bits per heavy atom. The summed E-state index contributed by atoms with van der Waals surface area (Å²) >= 11 is 0. The molecule has 1 fully saturated rings. The number of rotatable bonds is 1. The van der Waals surface area contributed by atoms with Crippen LogP contribution in [0.5, 0.6) is 0 Å². The van der Waals surface area contributed by atoms with Gasteiger partial charge in [0.1, 0.15) is 5.82 Å². The Labute approximate surface area is 114 Å². The fraction of sp³-hybridized carbons (Fsp3) is 0.438. The minimum absolute atomic E-state index is 0.832. The Bertz CT molecular complexity index is 598. The summed E-state index contributed by atoms with van der Waals surface area (Å²) in [7, 11) is 0. The van der Waals surface area contributed by atoms with Crippen molar-refractivity contribution >= 4 is 22.3 Å². The second-order valence-corrected chi connectivity index (χ2v) is 5.70. The van der Waals surface area contributed by atoms with Crippen LogP contribution in [0, 0.1) is 12.8 Å². The molecule has 1 aliphatic heterocycles. The van der Waals surface area contributed by atoms with E-state index in [-0.39, 0.29) is 0 Å². The molecule has 0 aliphatic carbocycles. The molecule has 0 radical (unpaired) electrons. The minimum Gasteiger partial charge on any atom is -0.398 e. The maximum absolute atomic E-state index is 6.19. The van der Waals surface area contributed by atoms with E-state index in [0.717, 1.165) is 41.5 Å². The largest absolute Gasteiger partial charge is 0.398 e. The smallest absolute Gasteiger partial charge is 0.136 e. The first-order valence-corrected chi connectivity index (χ1v) is 7.05. The molecule has 3 nitrogen and oxygen atoms in total. The molecular weight excluding hydrogens is 234 g/mol. The number of piperidine rings is 1. The molecule has 2 N–H and O–H groups in total. The average molecular weight is 255 g/mol. The van der Waals surface area contributed by atoms with Gasteiger partial charge in [0, 0.05) is 35.7 Å². The van der Waals surface area contributed by atoms with Crippen LogP contribution < -0.4 is 10.6 Å². The van der Waals surface area contributed by atoms with E-state index in [1.807, 2.05) is 12.3 Å².